The summed E-state index contributed by atoms with van der Waals surface area (Å²) < 4.78 is 7.26. The number of benzene rings is 1. The van der Waals surface area contributed by atoms with Gasteiger partial charge in [0.1, 0.15) is 5.75 Å². The molecule has 1 fully saturated rings. The Labute approximate surface area is 177 Å². The Hall–Kier alpha value is -2.58. The number of halogens is 1. The highest BCUT2D eigenvalue weighted by Gasteiger charge is 2.31. The van der Waals surface area contributed by atoms with Gasteiger partial charge in [-0.25, -0.2) is 0 Å². The van der Waals surface area contributed by atoms with Crippen LogP contribution in [0.1, 0.15) is 25.8 Å². The Morgan fingerprint density at radius 2 is 2.17 bits per heavy atom. The van der Waals surface area contributed by atoms with Gasteiger partial charge in [0.05, 0.1) is 17.4 Å². The molecule has 3 aromatic rings. The SMILES string of the molecule is COc1ccc(NC(=O)C(C)Sc2nnc(-c3cccnc3)n2C2CC2)cc1Cl. The molecule has 1 aliphatic carbocycles. The molecule has 2 aromatic heterocycles. The highest BCUT2D eigenvalue weighted by atomic mass is 35.5. The molecular weight excluding hydrogens is 410 g/mol. The van der Waals surface area contributed by atoms with Crippen LogP contribution in [0.25, 0.3) is 11.4 Å². The zero-order chi connectivity index (χ0) is 20.4. The molecule has 1 aliphatic rings. The number of pyridine rings is 1. The van der Waals surface area contributed by atoms with E-state index >= 15 is 0 Å². The van der Waals surface area contributed by atoms with Gasteiger partial charge in [-0.15, -0.1) is 10.2 Å². The molecule has 1 unspecified atom stereocenters. The molecule has 7 nitrogen and oxygen atoms in total. The van der Waals surface area contributed by atoms with E-state index in [0.29, 0.717) is 22.5 Å². The summed E-state index contributed by atoms with van der Waals surface area (Å²) in [4.78, 5) is 16.9. The van der Waals surface area contributed by atoms with Gasteiger partial charge in [-0.1, -0.05) is 23.4 Å². The summed E-state index contributed by atoms with van der Waals surface area (Å²) in [6.07, 6.45) is 5.68. The van der Waals surface area contributed by atoms with Crippen molar-refractivity contribution in [3.8, 4) is 17.1 Å². The first-order valence-electron chi connectivity index (χ1n) is 9.23. The van der Waals surface area contributed by atoms with Crippen LogP contribution in [0.3, 0.4) is 0 Å². The van der Waals surface area contributed by atoms with Gasteiger partial charge in [0, 0.05) is 29.7 Å². The number of methoxy groups -OCH3 is 1. The molecule has 2 heterocycles. The third kappa shape index (κ3) is 4.38. The van der Waals surface area contributed by atoms with Crippen LogP contribution in [0.15, 0.2) is 47.9 Å². The van der Waals surface area contributed by atoms with Crippen LogP contribution >= 0.6 is 23.4 Å². The third-order valence-corrected chi connectivity index (χ3v) is 5.92. The molecule has 1 aromatic carbocycles. The number of hydrogen-bond acceptors (Lipinski definition) is 6. The van der Waals surface area contributed by atoms with Gasteiger partial charge in [0.2, 0.25) is 5.91 Å². The molecule has 9 heteroatoms. The zero-order valence-corrected chi connectivity index (χ0v) is 17.6. The molecule has 0 bridgehead atoms. The highest BCUT2D eigenvalue weighted by Crippen LogP contribution is 2.41. The minimum absolute atomic E-state index is 0.135. The van der Waals surface area contributed by atoms with E-state index in [0.717, 1.165) is 29.4 Å². The van der Waals surface area contributed by atoms with Crippen LogP contribution in [-0.2, 0) is 4.79 Å². The number of anilines is 1. The maximum Gasteiger partial charge on any atom is 0.237 e. The van der Waals surface area contributed by atoms with Crippen LogP contribution in [0.2, 0.25) is 5.02 Å². The van der Waals surface area contributed by atoms with Gasteiger partial charge in [-0.05, 0) is 50.1 Å². The fraction of sp³-hybridized carbons (Fsp3) is 0.300. The molecule has 150 valence electrons. The molecule has 1 saturated carbocycles. The van der Waals surface area contributed by atoms with Crippen LogP contribution in [0.4, 0.5) is 5.69 Å². The summed E-state index contributed by atoms with van der Waals surface area (Å²) in [7, 11) is 1.55. The van der Waals surface area contributed by atoms with E-state index in [2.05, 4.69) is 25.1 Å². The second-order valence-electron chi connectivity index (χ2n) is 6.75. The van der Waals surface area contributed by atoms with Gasteiger partial charge in [-0.3, -0.25) is 14.3 Å². The van der Waals surface area contributed by atoms with Crippen molar-refractivity contribution in [3.63, 3.8) is 0 Å². The maximum atomic E-state index is 12.7. The predicted molar refractivity (Wildman–Crippen MR) is 113 cm³/mol. The summed E-state index contributed by atoms with van der Waals surface area (Å²) in [5.41, 5.74) is 1.54. The Balaban J connectivity index is 1.49. The molecule has 4 rings (SSSR count). The monoisotopic (exact) mass is 429 g/mol. The molecule has 29 heavy (non-hydrogen) atoms. The molecule has 1 atom stereocenters. The van der Waals surface area contributed by atoms with Crippen molar-refractivity contribution in [1.29, 1.82) is 0 Å². The van der Waals surface area contributed by atoms with Crippen molar-refractivity contribution in [2.24, 2.45) is 0 Å². The van der Waals surface area contributed by atoms with Crippen molar-refractivity contribution in [1.82, 2.24) is 19.7 Å². The average molecular weight is 430 g/mol. The molecular formula is C20H20ClN5O2S. The van der Waals surface area contributed by atoms with Crippen LogP contribution in [0, 0.1) is 0 Å². The summed E-state index contributed by atoms with van der Waals surface area (Å²) in [6.45, 7) is 1.85. The van der Waals surface area contributed by atoms with E-state index in [1.807, 2.05) is 19.1 Å². The van der Waals surface area contributed by atoms with Crippen LogP contribution in [0.5, 0.6) is 5.75 Å². The molecule has 1 amide bonds. The zero-order valence-electron chi connectivity index (χ0n) is 16.0. The second-order valence-corrected chi connectivity index (χ2v) is 8.46. The Morgan fingerprint density at radius 3 is 2.83 bits per heavy atom. The predicted octanol–water partition coefficient (Wildman–Crippen LogP) is 4.46. The third-order valence-electron chi connectivity index (χ3n) is 4.57. The van der Waals surface area contributed by atoms with E-state index in [1.54, 1.807) is 37.7 Å². The number of rotatable bonds is 7. The minimum atomic E-state index is -0.362. The first-order valence-corrected chi connectivity index (χ1v) is 10.5. The summed E-state index contributed by atoms with van der Waals surface area (Å²) in [5, 5.41) is 12.4. The number of nitrogens with zero attached hydrogens (tertiary/aromatic N) is 4. The van der Waals surface area contributed by atoms with Gasteiger partial charge in [0.15, 0.2) is 11.0 Å². The van der Waals surface area contributed by atoms with Crippen molar-refractivity contribution >= 4 is 35.0 Å². The van der Waals surface area contributed by atoms with Crippen molar-refractivity contribution in [3.05, 3.63) is 47.7 Å². The van der Waals surface area contributed by atoms with Crippen LogP contribution < -0.4 is 10.1 Å². The van der Waals surface area contributed by atoms with Crippen LogP contribution in [-0.4, -0.2) is 38.0 Å². The summed E-state index contributed by atoms with van der Waals surface area (Å²) in [6, 6.07) is 9.37. The fourth-order valence-corrected chi connectivity index (χ4v) is 4.09. The normalized spacial score (nSPS) is 14.4. The van der Waals surface area contributed by atoms with Gasteiger partial charge < -0.3 is 10.1 Å². The number of carbonyl (C=O) groups is 1. The van der Waals surface area contributed by atoms with Gasteiger partial charge in [-0.2, -0.15) is 0 Å². The smallest absolute Gasteiger partial charge is 0.237 e. The molecule has 1 N–H and O–H groups in total. The topological polar surface area (TPSA) is 81.9 Å². The largest absolute Gasteiger partial charge is 0.495 e. The lowest BCUT2D eigenvalue weighted by Gasteiger charge is -2.14. The molecule has 0 aliphatic heterocycles. The van der Waals surface area contributed by atoms with E-state index in [4.69, 9.17) is 16.3 Å². The number of aromatic nitrogens is 4. The number of carbonyl (C=O) groups excluding carboxylic acids is 1. The first kappa shape index (κ1) is 19.7. The number of nitrogens with one attached hydrogen (secondary N) is 1. The van der Waals surface area contributed by atoms with E-state index < -0.39 is 0 Å². The molecule has 0 spiro atoms. The average Bonchev–Trinajstić information content (AvgIpc) is 3.48. The number of hydrogen-bond donors (Lipinski definition) is 1. The van der Waals surface area contributed by atoms with Crippen molar-refractivity contribution in [2.45, 2.75) is 36.2 Å². The number of amides is 1. The Morgan fingerprint density at radius 1 is 1.34 bits per heavy atom. The first-order chi connectivity index (χ1) is 14.1. The van der Waals surface area contributed by atoms with Gasteiger partial charge >= 0.3 is 0 Å². The minimum Gasteiger partial charge on any atom is -0.495 e. The molecule has 0 saturated heterocycles. The maximum absolute atomic E-state index is 12.7. The summed E-state index contributed by atoms with van der Waals surface area (Å²) in [5.74, 6) is 1.22. The lowest BCUT2D eigenvalue weighted by Crippen LogP contribution is -2.23. The standard InChI is InChI=1S/C20H20ClN5O2S/c1-12(19(27)23-14-5-8-17(28-2)16(21)10-14)29-20-25-24-18(26(20)15-6-7-15)13-4-3-9-22-11-13/h3-5,8-12,15H,6-7H2,1-2H3,(H,23,27). The van der Waals surface area contributed by atoms with Gasteiger partial charge in [0.25, 0.3) is 0 Å². The quantitative estimate of drug-likeness (QED) is 0.558. The van der Waals surface area contributed by atoms with Crippen molar-refractivity contribution < 1.29 is 9.53 Å². The number of ether oxygens (including phenoxy) is 1. The highest BCUT2D eigenvalue weighted by molar-refractivity contribution is 8.00. The van der Waals surface area contributed by atoms with E-state index in [-0.39, 0.29) is 11.2 Å². The van der Waals surface area contributed by atoms with E-state index in [1.165, 1.54) is 11.8 Å². The lowest BCUT2D eigenvalue weighted by molar-refractivity contribution is -0.115. The Bertz CT molecular complexity index is 1020. The lowest BCUT2D eigenvalue weighted by atomic mass is 10.3. The molecule has 0 radical (unpaired) electrons. The summed E-state index contributed by atoms with van der Waals surface area (Å²) >= 11 is 7.53. The number of thioether (sulfide) groups is 1. The van der Waals surface area contributed by atoms with E-state index in [9.17, 15) is 4.79 Å². The van der Waals surface area contributed by atoms with Crippen molar-refractivity contribution in [2.75, 3.05) is 12.4 Å². The Kier molecular flexibility index (Phi) is 5.73. The second kappa shape index (κ2) is 8.42. The fourth-order valence-electron chi connectivity index (χ4n) is 2.91.